The van der Waals surface area contributed by atoms with Gasteiger partial charge in [-0.3, -0.25) is 4.99 Å². The second-order valence-electron chi connectivity index (χ2n) is 7.33. The Balaban J connectivity index is 1.79. The zero-order valence-corrected chi connectivity index (χ0v) is 15.3. The molecule has 1 spiro atoms. The summed E-state index contributed by atoms with van der Waals surface area (Å²) >= 11 is 0. The normalized spacial score (nSPS) is 23.4. The highest BCUT2D eigenvalue weighted by Gasteiger charge is 2.55. The molecule has 0 saturated heterocycles. The van der Waals surface area contributed by atoms with Crippen LogP contribution in [-0.2, 0) is 10.2 Å². The molecule has 4 rings (SSSR count). The Morgan fingerprint density at radius 3 is 2.48 bits per heavy atom. The SMILES string of the molecule is CCC1=C(c2ccccc2C)N=CC2(Nc3ccccc3C2(C)C)O1. The first-order valence-electron chi connectivity index (χ1n) is 8.89. The highest BCUT2D eigenvalue weighted by Crippen LogP contribution is 2.50. The van der Waals surface area contributed by atoms with Gasteiger partial charge in [-0.25, -0.2) is 0 Å². The maximum absolute atomic E-state index is 6.62. The number of aliphatic imine (C=N–C) groups is 1. The first kappa shape index (κ1) is 15.9. The summed E-state index contributed by atoms with van der Waals surface area (Å²) < 4.78 is 6.62. The molecular weight excluding hydrogens is 308 g/mol. The minimum atomic E-state index is -0.645. The number of anilines is 1. The molecule has 0 saturated carbocycles. The van der Waals surface area contributed by atoms with E-state index in [1.54, 1.807) is 0 Å². The number of hydrogen-bond donors (Lipinski definition) is 1. The summed E-state index contributed by atoms with van der Waals surface area (Å²) in [4.78, 5) is 4.89. The molecule has 3 nitrogen and oxygen atoms in total. The highest BCUT2D eigenvalue weighted by molar-refractivity contribution is 5.89. The van der Waals surface area contributed by atoms with Gasteiger partial charge < -0.3 is 10.1 Å². The van der Waals surface area contributed by atoms with Gasteiger partial charge in [-0.2, -0.15) is 0 Å². The van der Waals surface area contributed by atoms with E-state index >= 15 is 0 Å². The Labute approximate surface area is 149 Å². The summed E-state index contributed by atoms with van der Waals surface area (Å²) in [5.74, 6) is 0.935. The molecule has 1 N–H and O–H groups in total. The number of aryl methyl sites for hydroxylation is 1. The molecule has 128 valence electrons. The van der Waals surface area contributed by atoms with Crippen molar-refractivity contribution in [2.24, 2.45) is 4.99 Å². The molecule has 1 unspecified atom stereocenters. The predicted octanol–water partition coefficient (Wildman–Crippen LogP) is 5.27. The third kappa shape index (κ3) is 2.22. The van der Waals surface area contributed by atoms with Crippen LogP contribution >= 0.6 is 0 Å². The van der Waals surface area contributed by atoms with Crippen LogP contribution < -0.4 is 5.32 Å². The van der Waals surface area contributed by atoms with E-state index in [9.17, 15) is 0 Å². The minimum Gasteiger partial charge on any atom is -0.464 e. The summed E-state index contributed by atoms with van der Waals surface area (Å²) in [6.45, 7) is 8.66. The van der Waals surface area contributed by atoms with Crippen molar-refractivity contribution < 1.29 is 4.74 Å². The summed E-state index contributed by atoms with van der Waals surface area (Å²) in [6, 6.07) is 16.7. The van der Waals surface area contributed by atoms with E-state index in [2.05, 4.69) is 81.5 Å². The summed E-state index contributed by atoms with van der Waals surface area (Å²) in [5, 5.41) is 3.59. The molecular formula is C22H24N2O. The van der Waals surface area contributed by atoms with Gasteiger partial charge in [0.05, 0.1) is 11.6 Å². The number of nitrogens with zero attached hydrogens (tertiary/aromatic N) is 1. The van der Waals surface area contributed by atoms with Crippen LogP contribution in [0.25, 0.3) is 5.70 Å². The highest BCUT2D eigenvalue weighted by atomic mass is 16.5. The summed E-state index contributed by atoms with van der Waals surface area (Å²) in [5.41, 5.74) is 4.81. The van der Waals surface area contributed by atoms with Crippen molar-refractivity contribution in [1.82, 2.24) is 0 Å². The monoisotopic (exact) mass is 332 g/mol. The first-order valence-corrected chi connectivity index (χ1v) is 8.89. The van der Waals surface area contributed by atoms with Gasteiger partial charge in [-0.1, -0.05) is 49.4 Å². The van der Waals surface area contributed by atoms with Crippen molar-refractivity contribution in [3.8, 4) is 0 Å². The lowest BCUT2D eigenvalue weighted by atomic mass is 9.78. The maximum Gasteiger partial charge on any atom is 0.226 e. The van der Waals surface area contributed by atoms with Gasteiger partial charge in [-0.15, -0.1) is 0 Å². The van der Waals surface area contributed by atoms with Gasteiger partial charge >= 0.3 is 0 Å². The van der Waals surface area contributed by atoms with E-state index in [0.717, 1.165) is 29.1 Å². The Bertz CT molecular complexity index is 894. The maximum atomic E-state index is 6.62. The molecule has 2 aromatic rings. The van der Waals surface area contributed by atoms with Crippen LogP contribution in [0.5, 0.6) is 0 Å². The average Bonchev–Trinajstić information content (AvgIpc) is 2.83. The Hall–Kier alpha value is -2.55. The lowest BCUT2D eigenvalue weighted by molar-refractivity contribution is 0.0348. The van der Waals surface area contributed by atoms with Crippen LogP contribution in [-0.4, -0.2) is 11.9 Å². The molecule has 2 heterocycles. The zero-order valence-electron chi connectivity index (χ0n) is 15.3. The number of ether oxygens (including phenoxy) is 1. The molecule has 25 heavy (non-hydrogen) atoms. The number of benzene rings is 2. The quantitative estimate of drug-likeness (QED) is 0.812. The van der Waals surface area contributed by atoms with Crippen molar-refractivity contribution in [1.29, 1.82) is 0 Å². The third-order valence-electron chi connectivity index (χ3n) is 5.49. The van der Waals surface area contributed by atoms with E-state index in [-0.39, 0.29) is 5.41 Å². The van der Waals surface area contributed by atoms with Crippen LogP contribution in [0, 0.1) is 6.92 Å². The number of allylic oxidation sites excluding steroid dienone is 1. The second-order valence-corrected chi connectivity index (χ2v) is 7.33. The van der Waals surface area contributed by atoms with E-state index in [4.69, 9.17) is 9.73 Å². The van der Waals surface area contributed by atoms with Crippen molar-refractivity contribution in [2.45, 2.75) is 45.3 Å². The van der Waals surface area contributed by atoms with Gasteiger partial charge in [0.2, 0.25) is 5.72 Å². The lowest BCUT2D eigenvalue weighted by Crippen LogP contribution is -2.53. The van der Waals surface area contributed by atoms with Crippen molar-refractivity contribution in [3.63, 3.8) is 0 Å². The fourth-order valence-electron chi connectivity index (χ4n) is 3.83. The largest absolute Gasteiger partial charge is 0.464 e. The molecule has 2 aliphatic heterocycles. The molecule has 0 bridgehead atoms. The van der Waals surface area contributed by atoms with Gasteiger partial charge in [0, 0.05) is 17.7 Å². The van der Waals surface area contributed by atoms with Gasteiger partial charge in [-0.05, 0) is 38.0 Å². The smallest absolute Gasteiger partial charge is 0.226 e. The average molecular weight is 332 g/mol. The molecule has 3 heteroatoms. The molecule has 0 radical (unpaired) electrons. The minimum absolute atomic E-state index is 0.217. The van der Waals surface area contributed by atoms with Gasteiger partial charge in [0.1, 0.15) is 11.5 Å². The number of hydrogen-bond acceptors (Lipinski definition) is 3. The summed E-state index contributed by atoms with van der Waals surface area (Å²) in [6.07, 6.45) is 2.75. The zero-order chi connectivity index (χ0) is 17.7. The molecule has 2 aromatic carbocycles. The van der Waals surface area contributed by atoms with E-state index in [1.807, 2.05) is 6.21 Å². The molecule has 0 fully saturated rings. The van der Waals surface area contributed by atoms with Gasteiger partial charge in [0.15, 0.2) is 0 Å². The van der Waals surface area contributed by atoms with E-state index in [0.29, 0.717) is 0 Å². The Morgan fingerprint density at radius 1 is 1.04 bits per heavy atom. The third-order valence-corrected chi connectivity index (χ3v) is 5.49. The van der Waals surface area contributed by atoms with Crippen molar-refractivity contribution in [2.75, 3.05) is 5.32 Å². The van der Waals surface area contributed by atoms with Crippen molar-refractivity contribution in [3.05, 3.63) is 71.0 Å². The molecule has 0 amide bonds. The van der Waals surface area contributed by atoms with Crippen molar-refractivity contribution >= 4 is 17.6 Å². The van der Waals surface area contributed by atoms with Gasteiger partial charge in [0.25, 0.3) is 0 Å². The van der Waals surface area contributed by atoms with Crippen LogP contribution in [0.15, 0.2) is 59.3 Å². The van der Waals surface area contributed by atoms with Crippen LogP contribution in [0.2, 0.25) is 0 Å². The van der Waals surface area contributed by atoms with Crippen LogP contribution in [0.1, 0.15) is 43.9 Å². The number of nitrogens with one attached hydrogen (secondary N) is 1. The summed E-state index contributed by atoms with van der Waals surface area (Å²) in [7, 11) is 0. The van der Waals surface area contributed by atoms with Crippen LogP contribution in [0.4, 0.5) is 5.69 Å². The first-order chi connectivity index (χ1) is 12.0. The predicted molar refractivity (Wildman–Crippen MR) is 104 cm³/mol. The second kappa shape index (κ2) is 5.48. The molecule has 0 aromatic heterocycles. The number of fused-ring (bicyclic) bond motifs is 1. The number of para-hydroxylation sites is 1. The fourth-order valence-corrected chi connectivity index (χ4v) is 3.83. The molecule has 1 atom stereocenters. The Morgan fingerprint density at radius 2 is 1.76 bits per heavy atom. The van der Waals surface area contributed by atoms with E-state index < -0.39 is 5.72 Å². The topological polar surface area (TPSA) is 33.6 Å². The van der Waals surface area contributed by atoms with E-state index in [1.165, 1.54) is 11.1 Å². The Kier molecular flexibility index (Phi) is 3.50. The molecule has 0 aliphatic carbocycles. The number of rotatable bonds is 2. The lowest BCUT2D eigenvalue weighted by Gasteiger charge is -2.41. The standard InChI is InChI=1S/C22H24N2O/c1-5-19-20(16-11-7-6-10-15(16)2)23-14-22(25-19)21(3,4)17-12-8-9-13-18(17)24-22/h6-14,24H,5H2,1-4H3. The fraction of sp³-hybridized carbons (Fsp3) is 0.318. The molecule has 2 aliphatic rings. The van der Waals surface area contributed by atoms with Crippen LogP contribution in [0.3, 0.4) is 0 Å².